The molecule has 0 aromatic carbocycles. The molecule has 2 aliphatic rings. The number of carbonyl (C=O) groups is 1. The molecule has 0 fully saturated rings. The van der Waals surface area contributed by atoms with E-state index in [1.54, 1.807) is 0 Å². The number of carbonyl (C=O) groups excluding carboxylic acids is 1. The minimum atomic E-state index is -0.0724. The van der Waals surface area contributed by atoms with Crippen LogP contribution in [0.15, 0.2) is 11.1 Å². The van der Waals surface area contributed by atoms with Crippen LogP contribution in [0.25, 0.3) is 0 Å². The quantitative estimate of drug-likeness (QED) is 0.492. The number of hydrogen-bond acceptors (Lipinski definition) is 2. The Labute approximate surface area is 66.2 Å². The molecule has 0 amide bonds. The zero-order valence-electron chi connectivity index (χ0n) is 6.89. The van der Waals surface area contributed by atoms with Gasteiger partial charge in [0.05, 0.1) is 0 Å². The first-order valence-electron chi connectivity index (χ1n) is 4.10. The maximum absolute atomic E-state index is 11.1. The van der Waals surface area contributed by atoms with E-state index in [1.807, 2.05) is 0 Å². The van der Waals surface area contributed by atoms with Crippen molar-refractivity contribution in [3.8, 4) is 0 Å². The average molecular weight is 152 g/mol. The highest BCUT2D eigenvalue weighted by Crippen LogP contribution is 2.40. The fourth-order valence-electron chi connectivity index (χ4n) is 2.15. The van der Waals surface area contributed by atoms with Crippen molar-refractivity contribution in [3.63, 3.8) is 0 Å². The third-order valence-electron chi connectivity index (χ3n) is 2.72. The van der Waals surface area contributed by atoms with Crippen LogP contribution in [0.3, 0.4) is 0 Å². The summed E-state index contributed by atoms with van der Waals surface area (Å²) in [6, 6.07) is 0. The van der Waals surface area contributed by atoms with E-state index in [4.69, 9.17) is 4.74 Å². The Morgan fingerprint density at radius 3 is 2.73 bits per heavy atom. The molecule has 0 radical (unpaired) electrons. The molecule has 2 rings (SSSR count). The second kappa shape index (κ2) is 2.10. The van der Waals surface area contributed by atoms with Gasteiger partial charge in [-0.2, -0.15) is 0 Å². The van der Waals surface area contributed by atoms with Gasteiger partial charge in [0.1, 0.15) is 6.61 Å². The second-order valence-electron chi connectivity index (χ2n) is 3.55. The van der Waals surface area contributed by atoms with Crippen LogP contribution >= 0.6 is 0 Å². The van der Waals surface area contributed by atoms with Crippen molar-refractivity contribution < 1.29 is 9.53 Å². The summed E-state index contributed by atoms with van der Waals surface area (Å²) in [7, 11) is 0. The summed E-state index contributed by atoms with van der Waals surface area (Å²) >= 11 is 0. The van der Waals surface area contributed by atoms with Crippen molar-refractivity contribution in [3.05, 3.63) is 11.1 Å². The summed E-state index contributed by atoms with van der Waals surface area (Å²) in [6.07, 6.45) is 1.12. The first kappa shape index (κ1) is 6.89. The molecule has 2 nitrogen and oxygen atoms in total. The molecule has 0 aromatic heterocycles. The molecule has 1 heterocycles. The lowest BCUT2D eigenvalue weighted by molar-refractivity contribution is -0.136. The van der Waals surface area contributed by atoms with Gasteiger partial charge in [0.25, 0.3) is 0 Å². The predicted molar refractivity (Wildman–Crippen MR) is 40.9 cm³/mol. The highest BCUT2D eigenvalue weighted by molar-refractivity contribution is 5.93. The third kappa shape index (κ3) is 0.817. The van der Waals surface area contributed by atoms with Gasteiger partial charge in [-0.3, -0.25) is 0 Å². The predicted octanol–water partition coefficient (Wildman–Crippen LogP) is 1.52. The third-order valence-corrected chi connectivity index (χ3v) is 2.72. The molecule has 1 aliphatic carbocycles. The molecule has 0 spiro atoms. The van der Waals surface area contributed by atoms with Crippen LogP contribution in [0.1, 0.15) is 20.3 Å². The molecule has 1 aliphatic heterocycles. The highest BCUT2D eigenvalue weighted by atomic mass is 16.5. The number of rotatable bonds is 0. The number of cyclic esters (lactones) is 1. The van der Waals surface area contributed by atoms with Gasteiger partial charge in [-0.25, -0.2) is 4.79 Å². The molecule has 2 unspecified atom stereocenters. The van der Waals surface area contributed by atoms with Crippen LogP contribution in [0, 0.1) is 11.8 Å². The minimum Gasteiger partial charge on any atom is -0.458 e. The van der Waals surface area contributed by atoms with E-state index in [0.717, 1.165) is 12.0 Å². The molecule has 60 valence electrons. The molecule has 11 heavy (non-hydrogen) atoms. The molecule has 0 bridgehead atoms. The number of esters is 1. The van der Waals surface area contributed by atoms with Crippen molar-refractivity contribution in [2.45, 2.75) is 20.3 Å². The van der Waals surface area contributed by atoms with E-state index in [2.05, 4.69) is 13.8 Å². The van der Waals surface area contributed by atoms with Gasteiger partial charge in [-0.15, -0.1) is 0 Å². The molecule has 2 heteroatoms. The van der Waals surface area contributed by atoms with Gasteiger partial charge in [0, 0.05) is 5.57 Å². The van der Waals surface area contributed by atoms with Crippen LogP contribution in [0.4, 0.5) is 0 Å². The summed E-state index contributed by atoms with van der Waals surface area (Å²) in [4.78, 5) is 11.1. The van der Waals surface area contributed by atoms with E-state index < -0.39 is 0 Å². The SMILES string of the molecule is CC1CC(C)C2=C1COC2=O. The number of hydrogen-bond donors (Lipinski definition) is 0. The van der Waals surface area contributed by atoms with Crippen molar-refractivity contribution in [1.29, 1.82) is 0 Å². The van der Waals surface area contributed by atoms with E-state index in [0.29, 0.717) is 18.4 Å². The van der Waals surface area contributed by atoms with Gasteiger partial charge in [0.15, 0.2) is 0 Å². The molecule has 0 saturated carbocycles. The van der Waals surface area contributed by atoms with Crippen LogP contribution < -0.4 is 0 Å². The first-order chi connectivity index (χ1) is 5.20. The molecular weight excluding hydrogens is 140 g/mol. The van der Waals surface area contributed by atoms with Crippen LogP contribution in [-0.4, -0.2) is 12.6 Å². The van der Waals surface area contributed by atoms with Gasteiger partial charge >= 0.3 is 5.97 Å². The fourth-order valence-corrected chi connectivity index (χ4v) is 2.15. The first-order valence-corrected chi connectivity index (χ1v) is 4.10. The summed E-state index contributed by atoms with van der Waals surface area (Å²) in [5.41, 5.74) is 2.22. The van der Waals surface area contributed by atoms with Crippen LogP contribution in [0.5, 0.6) is 0 Å². The van der Waals surface area contributed by atoms with Gasteiger partial charge in [0.2, 0.25) is 0 Å². The summed E-state index contributed by atoms with van der Waals surface area (Å²) in [5.74, 6) is 0.915. The normalized spacial score (nSPS) is 36.0. The van der Waals surface area contributed by atoms with Crippen molar-refractivity contribution in [2.75, 3.05) is 6.61 Å². The topological polar surface area (TPSA) is 26.3 Å². The second-order valence-corrected chi connectivity index (χ2v) is 3.55. The smallest absolute Gasteiger partial charge is 0.334 e. The Morgan fingerprint density at radius 2 is 2.09 bits per heavy atom. The average Bonchev–Trinajstić information content (AvgIpc) is 2.41. The number of ether oxygens (including phenoxy) is 1. The Balaban J connectivity index is 2.38. The monoisotopic (exact) mass is 152 g/mol. The van der Waals surface area contributed by atoms with Gasteiger partial charge in [-0.1, -0.05) is 13.8 Å². The Bertz CT molecular complexity index is 240. The van der Waals surface area contributed by atoms with Crippen LogP contribution in [-0.2, 0) is 9.53 Å². The van der Waals surface area contributed by atoms with Gasteiger partial charge < -0.3 is 4.74 Å². The molecular formula is C9H12O2. The lowest BCUT2D eigenvalue weighted by Gasteiger charge is -2.07. The van der Waals surface area contributed by atoms with Crippen molar-refractivity contribution in [2.24, 2.45) is 11.8 Å². The summed E-state index contributed by atoms with van der Waals surface area (Å²) < 4.78 is 4.95. The van der Waals surface area contributed by atoms with Crippen molar-refractivity contribution in [1.82, 2.24) is 0 Å². The van der Waals surface area contributed by atoms with E-state index in [9.17, 15) is 4.79 Å². The molecule has 0 aromatic rings. The standard InChI is InChI=1S/C9H12O2/c1-5-3-6(2)8-7(5)4-11-9(8)10/h5-6H,3-4H2,1-2H3. The zero-order chi connectivity index (χ0) is 8.01. The summed E-state index contributed by atoms with van der Waals surface area (Å²) in [6.45, 7) is 4.83. The molecule has 0 N–H and O–H groups in total. The Hall–Kier alpha value is -0.790. The molecule has 0 saturated heterocycles. The Kier molecular flexibility index (Phi) is 1.31. The van der Waals surface area contributed by atoms with E-state index in [1.165, 1.54) is 5.57 Å². The zero-order valence-corrected chi connectivity index (χ0v) is 6.89. The lowest BCUT2D eigenvalue weighted by atomic mass is 10.0. The van der Waals surface area contributed by atoms with E-state index >= 15 is 0 Å². The van der Waals surface area contributed by atoms with Crippen molar-refractivity contribution >= 4 is 5.97 Å². The van der Waals surface area contributed by atoms with Crippen LogP contribution in [0.2, 0.25) is 0 Å². The highest BCUT2D eigenvalue weighted by Gasteiger charge is 2.37. The summed E-state index contributed by atoms with van der Waals surface area (Å²) in [5, 5.41) is 0. The largest absolute Gasteiger partial charge is 0.458 e. The lowest BCUT2D eigenvalue weighted by Crippen LogP contribution is -2.07. The maximum atomic E-state index is 11.1. The van der Waals surface area contributed by atoms with E-state index in [-0.39, 0.29) is 5.97 Å². The van der Waals surface area contributed by atoms with Gasteiger partial charge in [-0.05, 0) is 23.8 Å². The maximum Gasteiger partial charge on any atom is 0.334 e. The minimum absolute atomic E-state index is 0.0724. The fraction of sp³-hybridized carbons (Fsp3) is 0.667. The molecule has 2 atom stereocenters. The Morgan fingerprint density at radius 1 is 1.36 bits per heavy atom.